The molecule has 2 aromatic heterocycles. The third kappa shape index (κ3) is 5.24. The van der Waals surface area contributed by atoms with Crippen molar-refractivity contribution in [2.75, 3.05) is 36.3 Å². The number of aryl methyl sites for hydroxylation is 1. The second kappa shape index (κ2) is 9.80. The summed E-state index contributed by atoms with van der Waals surface area (Å²) in [5.74, 6) is 1.21. The Morgan fingerprint density at radius 1 is 1.26 bits per heavy atom. The summed E-state index contributed by atoms with van der Waals surface area (Å²) in [4.78, 5) is 30.7. The van der Waals surface area contributed by atoms with E-state index in [-0.39, 0.29) is 29.9 Å². The summed E-state index contributed by atoms with van der Waals surface area (Å²) in [6.07, 6.45) is -0.923. The number of carbonyl (C=O) groups excluding carboxylic acids is 1. The molecular formula is C22H28F3N7O3. The first-order valence-electron chi connectivity index (χ1n) is 11.3. The Morgan fingerprint density at radius 3 is 2.60 bits per heavy atom. The molecule has 10 nitrogen and oxygen atoms in total. The van der Waals surface area contributed by atoms with Crippen molar-refractivity contribution in [2.24, 2.45) is 5.92 Å². The van der Waals surface area contributed by atoms with E-state index in [2.05, 4.69) is 30.6 Å². The summed E-state index contributed by atoms with van der Waals surface area (Å²) < 4.78 is 48.7. The number of alkyl halides is 3. The normalized spacial score (nSPS) is 22.7. The average Bonchev–Trinajstić information content (AvgIpc) is 2.78. The van der Waals surface area contributed by atoms with E-state index >= 15 is 0 Å². The number of hydrogen-bond acceptors (Lipinski definition) is 9. The fourth-order valence-corrected chi connectivity index (χ4v) is 4.38. The van der Waals surface area contributed by atoms with Crippen molar-refractivity contribution in [3.63, 3.8) is 0 Å². The quantitative estimate of drug-likeness (QED) is 0.570. The van der Waals surface area contributed by atoms with Crippen molar-refractivity contribution in [1.29, 1.82) is 0 Å². The minimum atomic E-state index is -4.53. The third-order valence-corrected chi connectivity index (χ3v) is 6.35. The van der Waals surface area contributed by atoms with E-state index in [1.165, 1.54) is 0 Å². The number of amides is 1. The lowest BCUT2D eigenvalue weighted by molar-refractivity contribution is -0.141. The van der Waals surface area contributed by atoms with E-state index in [4.69, 9.17) is 9.47 Å². The second-order valence-corrected chi connectivity index (χ2v) is 8.79. The molecule has 0 unspecified atom stereocenters. The van der Waals surface area contributed by atoms with Gasteiger partial charge in [-0.05, 0) is 32.1 Å². The van der Waals surface area contributed by atoms with Crippen LogP contribution in [0.4, 0.5) is 30.6 Å². The zero-order chi connectivity index (χ0) is 25.3. The molecule has 0 aromatic carbocycles. The number of nitrogens with one attached hydrogen (secondary N) is 2. The highest BCUT2D eigenvalue weighted by Gasteiger charge is 2.39. The number of likely N-dealkylation sites (N-methyl/N-ethyl adjacent to an activating group) is 1. The number of fused-ring (bicyclic) bond motifs is 1. The minimum Gasteiger partial charge on any atom is -0.476 e. The van der Waals surface area contributed by atoms with Crippen LogP contribution in [0, 0.1) is 12.8 Å². The number of rotatable bonds is 8. The van der Waals surface area contributed by atoms with Crippen LogP contribution in [0.15, 0.2) is 12.4 Å². The smallest absolute Gasteiger partial charge is 0.434 e. The average molecular weight is 496 g/mol. The molecule has 2 aromatic rings. The molecule has 190 valence electrons. The number of hydrogen-bond donors (Lipinski definition) is 2. The maximum Gasteiger partial charge on any atom is 0.434 e. The Bertz CT molecular complexity index is 1060. The predicted molar refractivity (Wildman–Crippen MR) is 121 cm³/mol. The van der Waals surface area contributed by atoms with Gasteiger partial charge in [0.1, 0.15) is 11.7 Å². The number of methoxy groups -OCH3 is 1. The molecule has 1 saturated carbocycles. The van der Waals surface area contributed by atoms with Gasteiger partial charge in [-0.3, -0.25) is 4.79 Å². The summed E-state index contributed by atoms with van der Waals surface area (Å²) in [5, 5.41) is 6.24. The molecule has 1 amide bonds. The SMILES string of the molecule is CC[C@@H](OC)[C@H]1C(=O)Nc2c(C)nc(NC3CC(COc4cnc(C(F)(F)F)cn4)C3)nc2N1C. The number of anilines is 3. The first-order valence-corrected chi connectivity index (χ1v) is 11.3. The van der Waals surface area contributed by atoms with E-state index < -0.39 is 17.9 Å². The Labute approximate surface area is 200 Å². The Balaban J connectivity index is 1.33. The van der Waals surface area contributed by atoms with Crippen LogP contribution in [0.2, 0.25) is 0 Å². The number of halogens is 3. The van der Waals surface area contributed by atoms with Crippen molar-refractivity contribution in [3.8, 4) is 5.88 Å². The maximum atomic E-state index is 12.7. The van der Waals surface area contributed by atoms with Gasteiger partial charge >= 0.3 is 6.18 Å². The predicted octanol–water partition coefficient (Wildman–Crippen LogP) is 3.05. The summed E-state index contributed by atoms with van der Waals surface area (Å²) in [6.45, 7) is 4.11. The fourth-order valence-electron chi connectivity index (χ4n) is 4.38. The van der Waals surface area contributed by atoms with Gasteiger partial charge in [0.2, 0.25) is 17.7 Å². The van der Waals surface area contributed by atoms with Crippen LogP contribution >= 0.6 is 0 Å². The zero-order valence-electron chi connectivity index (χ0n) is 19.9. The number of aromatic nitrogens is 4. The lowest BCUT2D eigenvalue weighted by Gasteiger charge is -2.39. The van der Waals surface area contributed by atoms with Crippen LogP contribution in [-0.2, 0) is 15.7 Å². The van der Waals surface area contributed by atoms with Crippen molar-refractivity contribution in [2.45, 2.75) is 57.5 Å². The monoisotopic (exact) mass is 495 g/mol. The molecule has 2 atom stereocenters. The van der Waals surface area contributed by atoms with E-state index in [9.17, 15) is 18.0 Å². The number of carbonyl (C=O) groups is 1. The maximum absolute atomic E-state index is 12.7. The van der Waals surface area contributed by atoms with Gasteiger partial charge in [-0.25, -0.2) is 15.0 Å². The minimum absolute atomic E-state index is 0.0594. The fraction of sp³-hybridized carbons (Fsp3) is 0.591. The zero-order valence-corrected chi connectivity index (χ0v) is 19.9. The summed E-state index contributed by atoms with van der Waals surface area (Å²) in [7, 11) is 3.41. The van der Waals surface area contributed by atoms with Gasteiger partial charge in [-0.1, -0.05) is 6.92 Å². The van der Waals surface area contributed by atoms with Crippen LogP contribution in [0.25, 0.3) is 0 Å². The molecule has 2 N–H and O–H groups in total. The molecule has 1 fully saturated rings. The molecule has 0 radical (unpaired) electrons. The Kier molecular flexibility index (Phi) is 6.97. The van der Waals surface area contributed by atoms with E-state index in [0.29, 0.717) is 42.4 Å². The Hall–Kier alpha value is -3.22. The molecule has 0 saturated heterocycles. The lowest BCUT2D eigenvalue weighted by Crippen LogP contribution is -2.53. The topological polar surface area (TPSA) is 114 Å². The van der Waals surface area contributed by atoms with Crippen molar-refractivity contribution in [1.82, 2.24) is 19.9 Å². The summed E-state index contributed by atoms with van der Waals surface area (Å²) in [6, 6.07) is -0.375. The van der Waals surface area contributed by atoms with Crippen molar-refractivity contribution in [3.05, 3.63) is 23.8 Å². The largest absolute Gasteiger partial charge is 0.476 e. The highest BCUT2D eigenvalue weighted by molar-refractivity contribution is 6.03. The highest BCUT2D eigenvalue weighted by atomic mass is 19.4. The van der Waals surface area contributed by atoms with Crippen molar-refractivity contribution < 1.29 is 27.4 Å². The molecule has 0 bridgehead atoms. The highest BCUT2D eigenvalue weighted by Crippen LogP contribution is 2.36. The standard InChI is InChI=1S/C22H28F3N7O3/c1-5-14(34-4)18-20(33)30-17-11(2)28-21(31-19(17)32(18)3)29-13-6-12(7-13)10-35-16-9-26-15(8-27-16)22(23,24)25/h8-9,12-14,18H,5-7,10H2,1-4H3,(H,30,33)(H,28,29,31)/t12?,13?,14-,18+/m1/s1. The molecular weight excluding hydrogens is 467 g/mol. The van der Waals surface area contributed by atoms with E-state index in [1.807, 2.05) is 25.8 Å². The molecule has 2 aliphatic rings. The van der Waals surface area contributed by atoms with Gasteiger partial charge in [0.05, 0.1) is 30.8 Å². The van der Waals surface area contributed by atoms with Crippen LogP contribution in [0.5, 0.6) is 5.88 Å². The van der Waals surface area contributed by atoms with E-state index in [0.717, 1.165) is 19.0 Å². The molecule has 1 aliphatic heterocycles. The molecule has 4 rings (SSSR count). The van der Waals surface area contributed by atoms with Gasteiger partial charge in [-0.15, -0.1) is 0 Å². The van der Waals surface area contributed by atoms with Gasteiger partial charge in [0.15, 0.2) is 11.5 Å². The number of nitrogens with zero attached hydrogens (tertiary/aromatic N) is 5. The van der Waals surface area contributed by atoms with Crippen LogP contribution < -0.4 is 20.3 Å². The van der Waals surface area contributed by atoms with E-state index in [1.54, 1.807) is 7.11 Å². The summed E-state index contributed by atoms with van der Waals surface area (Å²) in [5.41, 5.74) is 0.187. The van der Waals surface area contributed by atoms with Gasteiger partial charge in [0, 0.05) is 20.2 Å². The molecule has 0 spiro atoms. The third-order valence-electron chi connectivity index (χ3n) is 6.35. The molecule has 1 aliphatic carbocycles. The molecule has 13 heteroatoms. The summed E-state index contributed by atoms with van der Waals surface area (Å²) >= 11 is 0. The molecule has 35 heavy (non-hydrogen) atoms. The van der Waals surface area contributed by atoms with Gasteiger partial charge in [0.25, 0.3) is 0 Å². The van der Waals surface area contributed by atoms with Crippen LogP contribution in [-0.4, -0.2) is 64.8 Å². The first-order chi connectivity index (χ1) is 16.6. The van der Waals surface area contributed by atoms with Gasteiger partial charge < -0.3 is 25.0 Å². The Morgan fingerprint density at radius 2 is 2.00 bits per heavy atom. The second-order valence-electron chi connectivity index (χ2n) is 8.79. The van der Waals surface area contributed by atoms with Crippen molar-refractivity contribution >= 4 is 23.4 Å². The van der Waals surface area contributed by atoms with Crippen LogP contribution in [0.3, 0.4) is 0 Å². The lowest BCUT2D eigenvalue weighted by atomic mass is 9.81. The van der Waals surface area contributed by atoms with Crippen LogP contribution in [0.1, 0.15) is 37.6 Å². The molecule has 3 heterocycles. The van der Waals surface area contributed by atoms with Gasteiger partial charge in [-0.2, -0.15) is 18.2 Å². The first kappa shape index (κ1) is 24.9. The number of ether oxygens (including phenoxy) is 2.